The number of benzene rings is 2. The van der Waals surface area contributed by atoms with Crippen molar-refractivity contribution in [2.75, 3.05) is 16.8 Å². The molecule has 2 aromatic carbocycles. The fourth-order valence-corrected chi connectivity index (χ4v) is 2.60. The lowest BCUT2D eigenvalue weighted by Crippen LogP contribution is -2.31. The van der Waals surface area contributed by atoms with Gasteiger partial charge in [0.15, 0.2) is 0 Å². The van der Waals surface area contributed by atoms with Gasteiger partial charge in [-0.25, -0.2) is 0 Å². The van der Waals surface area contributed by atoms with Gasteiger partial charge in [-0.05, 0) is 42.5 Å². The van der Waals surface area contributed by atoms with E-state index < -0.39 is 0 Å². The highest BCUT2D eigenvalue weighted by molar-refractivity contribution is 9.10. The van der Waals surface area contributed by atoms with E-state index in [1.54, 1.807) is 29.2 Å². The lowest BCUT2D eigenvalue weighted by atomic mass is 10.2. The Balaban J connectivity index is 1.97. The average molecular weight is 396 g/mol. The van der Waals surface area contributed by atoms with Crippen molar-refractivity contribution in [1.29, 1.82) is 0 Å². The topological polar surface area (TPSA) is 49.4 Å². The van der Waals surface area contributed by atoms with Crippen molar-refractivity contribution in [3.8, 4) is 0 Å². The summed E-state index contributed by atoms with van der Waals surface area (Å²) < 4.78 is 0.881. The maximum atomic E-state index is 12.0. The molecule has 0 radical (unpaired) electrons. The van der Waals surface area contributed by atoms with E-state index in [0.29, 0.717) is 17.3 Å². The highest BCUT2D eigenvalue weighted by atomic mass is 79.9. The van der Waals surface area contributed by atoms with Crippen molar-refractivity contribution in [2.24, 2.45) is 0 Å². The van der Waals surface area contributed by atoms with Gasteiger partial charge in [-0.2, -0.15) is 0 Å². The third-order valence-electron chi connectivity index (χ3n) is 3.19. The Kier molecular flexibility index (Phi) is 6.19. The summed E-state index contributed by atoms with van der Waals surface area (Å²) in [6.45, 7) is 1.79. The number of hydrogen-bond acceptors (Lipinski definition) is 2. The second kappa shape index (κ2) is 8.13. The predicted molar refractivity (Wildman–Crippen MR) is 96.9 cm³/mol. The van der Waals surface area contributed by atoms with Crippen molar-refractivity contribution < 1.29 is 9.59 Å². The standard InChI is InChI=1S/C17H16BrClN2O2/c1-12(22)21(16-4-2-3-13(18)11-16)10-9-17(23)20-15-7-5-14(19)6-8-15/h2-8,11H,9-10H2,1H3,(H,20,23). The first-order valence-corrected chi connectivity index (χ1v) is 8.22. The molecule has 0 aliphatic rings. The molecule has 0 bridgehead atoms. The Morgan fingerprint density at radius 1 is 1.17 bits per heavy atom. The van der Waals surface area contributed by atoms with Gasteiger partial charge in [0.2, 0.25) is 11.8 Å². The highest BCUT2D eigenvalue weighted by Gasteiger charge is 2.13. The number of carbonyl (C=O) groups is 2. The number of rotatable bonds is 5. The molecular formula is C17H16BrClN2O2. The Hall–Kier alpha value is -1.85. The van der Waals surface area contributed by atoms with Gasteiger partial charge in [-0.3, -0.25) is 9.59 Å². The van der Waals surface area contributed by atoms with Crippen LogP contribution in [0.15, 0.2) is 53.0 Å². The number of anilines is 2. The number of nitrogens with zero attached hydrogens (tertiary/aromatic N) is 1. The van der Waals surface area contributed by atoms with Gasteiger partial charge in [0, 0.05) is 40.8 Å². The Morgan fingerprint density at radius 3 is 2.48 bits per heavy atom. The lowest BCUT2D eigenvalue weighted by molar-refractivity contribution is -0.117. The maximum absolute atomic E-state index is 12.0. The summed E-state index contributed by atoms with van der Waals surface area (Å²) in [4.78, 5) is 25.4. The molecule has 0 aliphatic heterocycles. The van der Waals surface area contributed by atoms with E-state index in [-0.39, 0.29) is 18.2 Å². The quantitative estimate of drug-likeness (QED) is 0.811. The van der Waals surface area contributed by atoms with E-state index in [1.165, 1.54) is 6.92 Å². The number of halogens is 2. The zero-order valence-electron chi connectivity index (χ0n) is 12.6. The zero-order valence-corrected chi connectivity index (χ0v) is 14.9. The molecule has 0 saturated heterocycles. The van der Waals surface area contributed by atoms with Gasteiger partial charge in [0.1, 0.15) is 0 Å². The summed E-state index contributed by atoms with van der Waals surface area (Å²) in [7, 11) is 0. The molecule has 0 aliphatic carbocycles. The number of hydrogen-bond donors (Lipinski definition) is 1. The van der Waals surface area contributed by atoms with Crippen molar-refractivity contribution in [3.63, 3.8) is 0 Å². The molecule has 0 spiro atoms. The summed E-state index contributed by atoms with van der Waals surface area (Å²) in [5, 5.41) is 3.39. The van der Waals surface area contributed by atoms with Crippen molar-refractivity contribution in [1.82, 2.24) is 0 Å². The minimum Gasteiger partial charge on any atom is -0.326 e. The van der Waals surface area contributed by atoms with Crippen molar-refractivity contribution in [3.05, 3.63) is 58.0 Å². The summed E-state index contributed by atoms with van der Waals surface area (Å²) >= 11 is 9.19. The average Bonchev–Trinajstić information content (AvgIpc) is 2.49. The zero-order chi connectivity index (χ0) is 16.8. The molecule has 6 heteroatoms. The van der Waals surface area contributed by atoms with Gasteiger partial charge < -0.3 is 10.2 Å². The van der Waals surface area contributed by atoms with Crippen LogP contribution in [0.1, 0.15) is 13.3 Å². The molecule has 0 fully saturated rings. The van der Waals surface area contributed by atoms with Crippen molar-refractivity contribution in [2.45, 2.75) is 13.3 Å². The summed E-state index contributed by atoms with van der Waals surface area (Å²) in [5.74, 6) is -0.268. The van der Waals surface area contributed by atoms with E-state index in [1.807, 2.05) is 24.3 Å². The molecule has 2 rings (SSSR count). The van der Waals surface area contributed by atoms with Gasteiger partial charge in [-0.15, -0.1) is 0 Å². The second-order valence-corrected chi connectivity index (χ2v) is 6.31. The van der Waals surface area contributed by atoms with E-state index in [4.69, 9.17) is 11.6 Å². The van der Waals surface area contributed by atoms with Gasteiger partial charge in [-0.1, -0.05) is 33.6 Å². The van der Waals surface area contributed by atoms with Crippen LogP contribution >= 0.6 is 27.5 Å². The fraction of sp³-hybridized carbons (Fsp3) is 0.176. The molecule has 0 saturated carbocycles. The molecule has 2 aromatic rings. The minimum absolute atomic E-state index is 0.109. The SMILES string of the molecule is CC(=O)N(CCC(=O)Nc1ccc(Cl)cc1)c1cccc(Br)c1. The van der Waals surface area contributed by atoms with Crippen LogP contribution in [0, 0.1) is 0 Å². The second-order valence-electron chi connectivity index (χ2n) is 4.96. The number of carbonyl (C=O) groups excluding carboxylic acids is 2. The van der Waals surface area contributed by atoms with Gasteiger partial charge in [0.05, 0.1) is 0 Å². The van der Waals surface area contributed by atoms with Crippen LogP contribution < -0.4 is 10.2 Å². The van der Waals surface area contributed by atoms with Crippen LogP contribution in [0.4, 0.5) is 11.4 Å². The third-order valence-corrected chi connectivity index (χ3v) is 3.94. The first-order chi connectivity index (χ1) is 11.0. The van der Waals surface area contributed by atoms with E-state index >= 15 is 0 Å². The van der Waals surface area contributed by atoms with E-state index in [2.05, 4.69) is 21.2 Å². The van der Waals surface area contributed by atoms with Gasteiger partial charge >= 0.3 is 0 Å². The normalized spacial score (nSPS) is 10.2. The summed E-state index contributed by atoms with van der Waals surface area (Å²) in [6.07, 6.45) is 0.203. The first-order valence-electron chi connectivity index (χ1n) is 7.05. The fourth-order valence-electron chi connectivity index (χ4n) is 2.08. The molecular weight excluding hydrogens is 380 g/mol. The Morgan fingerprint density at radius 2 is 1.87 bits per heavy atom. The molecule has 1 N–H and O–H groups in total. The predicted octanol–water partition coefficient (Wildman–Crippen LogP) is 4.48. The minimum atomic E-state index is -0.159. The van der Waals surface area contributed by atoms with Crippen LogP contribution in [0.25, 0.3) is 0 Å². The third kappa shape index (κ3) is 5.37. The summed E-state index contributed by atoms with van der Waals surface area (Å²) in [5.41, 5.74) is 1.43. The number of nitrogens with one attached hydrogen (secondary N) is 1. The van der Waals surface area contributed by atoms with Crippen LogP contribution in [-0.4, -0.2) is 18.4 Å². The molecule has 0 heterocycles. The largest absolute Gasteiger partial charge is 0.326 e. The lowest BCUT2D eigenvalue weighted by Gasteiger charge is -2.21. The van der Waals surface area contributed by atoms with Gasteiger partial charge in [0.25, 0.3) is 0 Å². The number of amides is 2. The van der Waals surface area contributed by atoms with E-state index in [0.717, 1.165) is 10.2 Å². The molecule has 120 valence electrons. The molecule has 0 unspecified atom stereocenters. The molecule has 23 heavy (non-hydrogen) atoms. The van der Waals surface area contributed by atoms with Crippen LogP contribution in [0.5, 0.6) is 0 Å². The monoisotopic (exact) mass is 394 g/mol. The summed E-state index contributed by atoms with van der Waals surface area (Å²) in [6, 6.07) is 14.3. The molecule has 4 nitrogen and oxygen atoms in total. The van der Waals surface area contributed by atoms with Crippen LogP contribution in [0.2, 0.25) is 5.02 Å². The molecule has 2 amide bonds. The first kappa shape index (κ1) is 17.5. The van der Waals surface area contributed by atoms with Crippen LogP contribution in [-0.2, 0) is 9.59 Å². The maximum Gasteiger partial charge on any atom is 0.226 e. The Bertz CT molecular complexity index is 704. The molecule has 0 aromatic heterocycles. The van der Waals surface area contributed by atoms with E-state index in [9.17, 15) is 9.59 Å². The molecule has 0 atom stereocenters. The van der Waals surface area contributed by atoms with Crippen LogP contribution in [0.3, 0.4) is 0 Å². The Labute approximate surface area is 148 Å². The highest BCUT2D eigenvalue weighted by Crippen LogP contribution is 2.20. The smallest absolute Gasteiger partial charge is 0.226 e. The van der Waals surface area contributed by atoms with Crippen molar-refractivity contribution >= 4 is 50.7 Å².